The van der Waals surface area contributed by atoms with Gasteiger partial charge in [-0.15, -0.1) is 0 Å². The quantitative estimate of drug-likeness (QED) is 0.440. The lowest BCUT2D eigenvalue weighted by molar-refractivity contribution is -0.0631. The Morgan fingerprint density at radius 3 is 2.79 bits per heavy atom. The molecule has 13 heteroatoms. The van der Waals surface area contributed by atoms with Gasteiger partial charge in [0, 0.05) is 9.77 Å². The van der Waals surface area contributed by atoms with Crippen molar-refractivity contribution in [3.05, 3.63) is 16.1 Å². The average Bonchev–Trinajstić information content (AvgIpc) is 3.18. The monoisotopic (exact) mass is 516 g/mol. The molecule has 0 spiro atoms. The van der Waals surface area contributed by atoms with Crippen LogP contribution in [-0.2, 0) is 14.2 Å². The molecule has 1 aliphatic heterocycles. The molecule has 154 valence electrons. The van der Waals surface area contributed by atoms with Gasteiger partial charge in [0.2, 0.25) is 0 Å². The largest absolute Gasteiger partial charge is 0.509 e. The van der Waals surface area contributed by atoms with Crippen LogP contribution in [-0.4, -0.2) is 70.2 Å². The number of nitrogens with zero attached hydrogens (tertiary/aromatic N) is 3. The van der Waals surface area contributed by atoms with Crippen molar-refractivity contribution < 1.29 is 37.3 Å². The number of carbonyl (C=O) groups is 1. The third-order valence-electron chi connectivity index (χ3n) is 4.15. The molecule has 9 nitrogen and oxygen atoms in total. The highest BCUT2D eigenvalue weighted by Crippen LogP contribution is 2.37. The Morgan fingerprint density at radius 1 is 1.43 bits per heavy atom. The molecule has 0 aliphatic carbocycles. The fourth-order valence-corrected chi connectivity index (χ4v) is 3.66. The number of aromatic nitrogens is 3. The fraction of sp³-hybridized carbons (Fsp3) is 0.533. The van der Waals surface area contributed by atoms with E-state index in [0.29, 0.717) is 14.6 Å². The van der Waals surface area contributed by atoms with E-state index in [-0.39, 0.29) is 5.82 Å². The van der Waals surface area contributed by atoms with Gasteiger partial charge in [0.25, 0.3) is 0 Å². The molecule has 28 heavy (non-hydrogen) atoms. The second-order valence-electron chi connectivity index (χ2n) is 5.91. The maximum Gasteiger partial charge on any atom is 0.509 e. The Hall–Kier alpha value is -1.87. The van der Waals surface area contributed by atoms with Gasteiger partial charge in [0.05, 0.1) is 12.0 Å². The van der Waals surface area contributed by atoms with Crippen molar-refractivity contribution >= 4 is 45.6 Å². The normalized spacial score (nSPS) is 24.8. The highest BCUT2D eigenvalue weighted by Gasteiger charge is 2.49. The SMILES string of the molecule is Nc1ncnc2c1c(I)cn2[C@@H]1O[C@H](CO)[C@@H](OC(=O)OC(CF)CF)[C@@H]1F. The number of carbonyl (C=O) groups excluding carboxylic acids is 1. The van der Waals surface area contributed by atoms with E-state index >= 15 is 4.39 Å². The number of nitrogens with two attached hydrogens (primary N) is 1. The minimum absolute atomic E-state index is 0.195. The summed E-state index contributed by atoms with van der Waals surface area (Å²) in [5.74, 6) is 0.195. The van der Waals surface area contributed by atoms with Gasteiger partial charge in [-0.1, -0.05) is 0 Å². The third kappa shape index (κ3) is 3.82. The van der Waals surface area contributed by atoms with Crippen LogP contribution in [0.2, 0.25) is 0 Å². The zero-order valence-corrected chi connectivity index (χ0v) is 16.3. The summed E-state index contributed by atoms with van der Waals surface area (Å²) < 4.78 is 56.8. The van der Waals surface area contributed by atoms with Crippen LogP contribution in [0.1, 0.15) is 6.23 Å². The number of hydrogen-bond acceptors (Lipinski definition) is 8. The van der Waals surface area contributed by atoms with Crippen molar-refractivity contribution in [2.45, 2.75) is 30.7 Å². The van der Waals surface area contributed by atoms with E-state index < -0.39 is 56.8 Å². The molecule has 0 unspecified atom stereocenters. The predicted octanol–water partition coefficient (Wildman–Crippen LogP) is 1.68. The Labute approximate surface area is 170 Å². The Bertz CT molecular complexity index is 852. The van der Waals surface area contributed by atoms with Crippen molar-refractivity contribution in [3.8, 4) is 0 Å². The van der Waals surface area contributed by atoms with Gasteiger partial charge < -0.3 is 29.6 Å². The molecule has 1 saturated heterocycles. The Kier molecular flexibility index (Phi) is 6.44. The number of rotatable bonds is 6. The van der Waals surface area contributed by atoms with E-state index in [0.717, 1.165) is 0 Å². The van der Waals surface area contributed by atoms with Crippen molar-refractivity contribution in [1.82, 2.24) is 14.5 Å². The molecule has 0 amide bonds. The minimum atomic E-state index is -1.93. The van der Waals surface area contributed by atoms with Crippen molar-refractivity contribution in [3.63, 3.8) is 0 Å². The summed E-state index contributed by atoms with van der Waals surface area (Å²) in [6.07, 6.45) is -6.39. The van der Waals surface area contributed by atoms with E-state index in [1.54, 1.807) is 0 Å². The zero-order valence-electron chi connectivity index (χ0n) is 14.2. The molecule has 2 aromatic rings. The molecule has 0 bridgehead atoms. The smallest absolute Gasteiger partial charge is 0.425 e. The molecule has 0 aromatic carbocycles. The molecule has 2 aromatic heterocycles. The highest BCUT2D eigenvalue weighted by atomic mass is 127. The first-order chi connectivity index (χ1) is 13.4. The first kappa shape index (κ1) is 20.9. The van der Waals surface area contributed by atoms with Crippen LogP contribution in [0.3, 0.4) is 0 Å². The van der Waals surface area contributed by atoms with E-state index in [4.69, 9.17) is 15.2 Å². The molecular formula is C15H16F3IN4O5. The van der Waals surface area contributed by atoms with Crippen LogP contribution in [0.5, 0.6) is 0 Å². The lowest BCUT2D eigenvalue weighted by Gasteiger charge is -2.19. The topological polar surface area (TPSA) is 122 Å². The first-order valence-electron chi connectivity index (χ1n) is 8.07. The lowest BCUT2D eigenvalue weighted by Crippen LogP contribution is -2.37. The third-order valence-corrected chi connectivity index (χ3v) is 4.97. The number of hydrogen-bond donors (Lipinski definition) is 2. The van der Waals surface area contributed by atoms with Crippen molar-refractivity contribution in [2.24, 2.45) is 0 Å². The number of aliphatic hydroxyl groups excluding tert-OH is 1. The molecule has 0 radical (unpaired) electrons. The average molecular weight is 516 g/mol. The second-order valence-corrected chi connectivity index (χ2v) is 7.08. The summed E-state index contributed by atoms with van der Waals surface area (Å²) in [7, 11) is 0. The molecule has 1 fully saturated rings. The van der Waals surface area contributed by atoms with E-state index in [9.17, 15) is 18.7 Å². The molecule has 1 aliphatic rings. The number of nitrogen functional groups attached to an aromatic ring is 1. The fourth-order valence-electron chi connectivity index (χ4n) is 2.84. The number of alkyl halides is 3. The Morgan fingerprint density at radius 2 is 2.14 bits per heavy atom. The van der Waals surface area contributed by atoms with Crippen LogP contribution < -0.4 is 5.73 Å². The summed E-state index contributed by atoms with van der Waals surface area (Å²) in [4.78, 5) is 19.7. The van der Waals surface area contributed by atoms with Crippen LogP contribution in [0.25, 0.3) is 11.0 Å². The summed E-state index contributed by atoms with van der Waals surface area (Å²) in [6.45, 7) is -3.18. The predicted molar refractivity (Wildman–Crippen MR) is 97.6 cm³/mol. The number of fused-ring (bicyclic) bond motifs is 1. The van der Waals surface area contributed by atoms with Crippen LogP contribution in [0, 0.1) is 3.57 Å². The standard InChI is InChI=1S/C15H16F3IN4O5/c16-1-6(2-17)26-15(25)28-11-8(4-24)27-14(10(11)18)23-3-7(19)9-12(20)21-5-22-13(9)23/h3,5-6,8,10-11,14,24H,1-2,4H2,(H2,20,21,22)/t8-,10+,11-,14-/m1/s1. The molecule has 3 heterocycles. The molecule has 3 rings (SSSR count). The van der Waals surface area contributed by atoms with E-state index in [1.807, 2.05) is 22.6 Å². The Balaban J connectivity index is 1.84. The molecular weight excluding hydrogens is 500 g/mol. The molecule has 0 saturated carbocycles. The lowest BCUT2D eigenvalue weighted by atomic mass is 10.1. The summed E-state index contributed by atoms with van der Waals surface area (Å²) in [6, 6.07) is 0. The first-order valence-corrected chi connectivity index (χ1v) is 9.15. The van der Waals surface area contributed by atoms with Gasteiger partial charge in [-0.3, -0.25) is 0 Å². The van der Waals surface area contributed by atoms with Crippen LogP contribution in [0.4, 0.5) is 23.8 Å². The molecule has 3 N–H and O–H groups in total. The minimum Gasteiger partial charge on any atom is -0.425 e. The maximum absolute atomic E-state index is 15.1. The summed E-state index contributed by atoms with van der Waals surface area (Å²) in [5, 5.41) is 9.97. The van der Waals surface area contributed by atoms with Gasteiger partial charge in [-0.25, -0.2) is 27.9 Å². The molecule has 4 atom stereocenters. The van der Waals surface area contributed by atoms with Gasteiger partial charge >= 0.3 is 6.16 Å². The van der Waals surface area contributed by atoms with Crippen LogP contribution >= 0.6 is 22.6 Å². The van der Waals surface area contributed by atoms with E-state index in [1.165, 1.54) is 17.1 Å². The summed E-state index contributed by atoms with van der Waals surface area (Å²) >= 11 is 1.97. The van der Waals surface area contributed by atoms with Gasteiger partial charge in [0.1, 0.15) is 37.2 Å². The van der Waals surface area contributed by atoms with Gasteiger partial charge in [0.15, 0.2) is 24.6 Å². The highest BCUT2D eigenvalue weighted by molar-refractivity contribution is 14.1. The number of anilines is 1. The van der Waals surface area contributed by atoms with Crippen LogP contribution in [0.15, 0.2) is 12.5 Å². The second kappa shape index (κ2) is 8.65. The zero-order chi connectivity index (χ0) is 20.4. The maximum atomic E-state index is 15.1. The van der Waals surface area contributed by atoms with Gasteiger partial charge in [-0.2, -0.15) is 0 Å². The van der Waals surface area contributed by atoms with E-state index in [2.05, 4.69) is 14.7 Å². The van der Waals surface area contributed by atoms with Crippen molar-refractivity contribution in [1.29, 1.82) is 0 Å². The number of aliphatic hydroxyl groups is 1. The summed E-state index contributed by atoms with van der Waals surface area (Å²) in [5.41, 5.74) is 6.12. The van der Waals surface area contributed by atoms with Crippen molar-refractivity contribution in [2.75, 3.05) is 25.7 Å². The number of halogens is 4. The number of ether oxygens (including phenoxy) is 3. The van der Waals surface area contributed by atoms with Gasteiger partial charge in [-0.05, 0) is 22.6 Å².